The highest BCUT2D eigenvalue weighted by molar-refractivity contribution is 5.28. The summed E-state index contributed by atoms with van der Waals surface area (Å²) in [5, 5.41) is 0. The monoisotopic (exact) mass is 246 g/mol. The SMILES string of the molecule is CCc1ccc(C(C)(C)CC(C)(C)C(C)C)cc1. The summed E-state index contributed by atoms with van der Waals surface area (Å²) in [5.41, 5.74) is 3.53. The molecule has 0 nitrogen and oxygen atoms in total. The van der Waals surface area contributed by atoms with E-state index < -0.39 is 0 Å². The minimum atomic E-state index is 0.250. The molecule has 0 saturated heterocycles. The van der Waals surface area contributed by atoms with Gasteiger partial charge in [0.1, 0.15) is 0 Å². The van der Waals surface area contributed by atoms with Crippen molar-refractivity contribution in [2.45, 2.75) is 66.7 Å². The second-order valence-corrected chi connectivity index (χ2v) is 7.25. The van der Waals surface area contributed by atoms with E-state index in [1.807, 2.05) is 0 Å². The summed E-state index contributed by atoms with van der Waals surface area (Å²) in [6.07, 6.45) is 2.35. The molecule has 0 spiro atoms. The fourth-order valence-electron chi connectivity index (χ4n) is 2.64. The van der Waals surface area contributed by atoms with Crippen LogP contribution in [-0.2, 0) is 11.8 Å². The lowest BCUT2D eigenvalue weighted by atomic mass is 9.67. The topological polar surface area (TPSA) is 0 Å². The molecule has 0 bridgehead atoms. The van der Waals surface area contributed by atoms with E-state index in [1.54, 1.807) is 0 Å². The summed E-state index contributed by atoms with van der Waals surface area (Å²) < 4.78 is 0. The Labute approximate surface area is 114 Å². The average molecular weight is 246 g/mol. The molecule has 18 heavy (non-hydrogen) atoms. The van der Waals surface area contributed by atoms with E-state index in [-0.39, 0.29) is 5.41 Å². The number of rotatable bonds is 5. The first-order valence-corrected chi connectivity index (χ1v) is 7.28. The predicted octanol–water partition coefficient (Wildman–Crippen LogP) is 5.60. The molecule has 0 aliphatic heterocycles. The highest BCUT2D eigenvalue weighted by atomic mass is 14.4. The molecule has 0 amide bonds. The third-order valence-corrected chi connectivity index (χ3v) is 4.60. The van der Waals surface area contributed by atoms with Crippen LogP contribution in [0.4, 0.5) is 0 Å². The summed E-state index contributed by atoms with van der Waals surface area (Å²) in [4.78, 5) is 0. The van der Waals surface area contributed by atoms with Crippen LogP contribution < -0.4 is 0 Å². The summed E-state index contributed by atoms with van der Waals surface area (Å²) in [6, 6.07) is 9.18. The van der Waals surface area contributed by atoms with Crippen LogP contribution in [0.3, 0.4) is 0 Å². The lowest BCUT2D eigenvalue weighted by molar-refractivity contribution is 0.181. The Morgan fingerprint density at radius 2 is 1.44 bits per heavy atom. The highest BCUT2D eigenvalue weighted by Crippen LogP contribution is 2.40. The van der Waals surface area contributed by atoms with E-state index in [2.05, 4.69) is 72.7 Å². The molecule has 0 aliphatic carbocycles. The molecule has 0 aliphatic rings. The van der Waals surface area contributed by atoms with Crippen molar-refractivity contribution in [2.75, 3.05) is 0 Å². The Bertz CT molecular complexity index is 366. The fourth-order valence-corrected chi connectivity index (χ4v) is 2.64. The number of aryl methyl sites for hydroxylation is 1. The first-order valence-electron chi connectivity index (χ1n) is 7.28. The van der Waals surface area contributed by atoms with Crippen molar-refractivity contribution >= 4 is 0 Å². The van der Waals surface area contributed by atoms with Crippen LogP contribution in [0.15, 0.2) is 24.3 Å². The van der Waals surface area contributed by atoms with Crippen LogP contribution in [0.2, 0.25) is 0 Å². The summed E-state index contributed by atoms with van der Waals surface area (Å²) in [5.74, 6) is 0.715. The van der Waals surface area contributed by atoms with Crippen molar-refractivity contribution < 1.29 is 0 Å². The van der Waals surface area contributed by atoms with Crippen LogP contribution >= 0.6 is 0 Å². The van der Waals surface area contributed by atoms with Crippen molar-refractivity contribution in [3.05, 3.63) is 35.4 Å². The Kier molecular flexibility index (Phi) is 4.64. The van der Waals surface area contributed by atoms with Crippen molar-refractivity contribution in [2.24, 2.45) is 11.3 Å². The normalized spacial score (nSPS) is 13.1. The second-order valence-electron chi connectivity index (χ2n) is 7.25. The van der Waals surface area contributed by atoms with Crippen molar-refractivity contribution in [3.63, 3.8) is 0 Å². The van der Waals surface area contributed by atoms with Gasteiger partial charge in [0.2, 0.25) is 0 Å². The standard InChI is InChI=1S/C18H30/c1-8-15-9-11-16(12-10-15)18(6,7)13-17(4,5)14(2)3/h9-12,14H,8,13H2,1-7H3. The molecule has 0 heteroatoms. The van der Waals surface area contributed by atoms with Crippen molar-refractivity contribution in [1.82, 2.24) is 0 Å². The smallest absolute Gasteiger partial charge is 0.00984 e. The molecule has 0 heterocycles. The molecule has 1 aromatic rings. The van der Waals surface area contributed by atoms with Gasteiger partial charge < -0.3 is 0 Å². The molecule has 0 fully saturated rings. The number of benzene rings is 1. The highest BCUT2D eigenvalue weighted by Gasteiger charge is 2.32. The van der Waals surface area contributed by atoms with Gasteiger partial charge in [0.25, 0.3) is 0 Å². The molecular formula is C18H30. The molecule has 0 radical (unpaired) electrons. The third kappa shape index (κ3) is 3.60. The van der Waals surface area contributed by atoms with Gasteiger partial charge in [-0.05, 0) is 40.7 Å². The van der Waals surface area contributed by atoms with Crippen LogP contribution in [0.5, 0.6) is 0 Å². The van der Waals surface area contributed by atoms with Gasteiger partial charge in [-0.25, -0.2) is 0 Å². The average Bonchev–Trinajstić information content (AvgIpc) is 2.27. The summed E-state index contributed by atoms with van der Waals surface area (Å²) in [7, 11) is 0. The van der Waals surface area contributed by atoms with Gasteiger partial charge in [0, 0.05) is 0 Å². The number of hydrogen-bond donors (Lipinski definition) is 0. The van der Waals surface area contributed by atoms with E-state index in [0.717, 1.165) is 6.42 Å². The van der Waals surface area contributed by atoms with Crippen LogP contribution in [0.25, 0.3) is 0 Å². The molecule has 1 aromatic carbocycles. The number of hydrogen-bond acceptors (Lipinski definition) is 0. The van der Waals surface area contributed by atoms with Crippen LogP contribution in [0, 0.1) is 11.3 Å². The molecule has 0 N–H and O–H groups in total. The maximum absolute atomic E-state index is 2.39. The predicted molar refractivity (Wildman–Crippen MR) is 82.1 cm³/mol. The van der Waals surface area contributed by atoms with E-state index in [1.165, 1.54) is 17.5 Å². The zero-order valence-corrected chi connectivity index (χ0v) is 13.3. The zero-order chi connectivity index (χ0) is 14.0. The van der Waals surface area contributed by atoms with Gasteiger partial charge in [-0.3, -0.25) is 0 Å². The Morgan fingerprint density at radius 3 is 1.83 bits per heavy atom. The zero-order valence-electron chi connectivity index (χ0n) is 13.3. The van der Waals surface area contributed by atoms with E-state index >= 15 is 0 Å². The van der Waals surface area contributed by atoms with Crippen LogP contribution in [0.1, 0.15) is 66.0 Å². The molecule has 0 aromatic heterocycles. The maximum atomic E-state index is 2.39. The lowest BCUT2D eigenvalue weighted by Gasteiger charge is -2.38. The molecule has 102 valence electrons. The van der Waals surface area contributed by atoms with Gasteiger partial charge in [-0.15, -0.1) is 0 Å². The van der Waals surface area contributed by atoms with Crippen molar-refractivity contribution in [1.29, 1.82) is 0 Å². The molecule has 0 atom stereocenters. The van der Waals surface area contributed by atoms with Gasteiger partial charge in [-0.2, -0.15) is 0 Å². The first-order chi connectivity index (χ1) is 8.19. The minimum Gasteiger partial charge on any atom is -0.0623 e. The van der Waals surface area contributed by atoms with Crippen LogP contribution in [-0.4, -0.2) is 0 Å². The Morgan fingerprint density at radius 1 is 0.944 bits per heavy atom. The fraction of sp³-hybridized carbons (Fsp3) is 0.667. The quantitative estimate of drug-likeness (QED) is 0.634. The summed E-state index contributed by atoms with van der Waals surface area (Å²) in [6.45, 7) is 16.4. The van der Waals surface area contributed by atoms with E-state index in [9.17, 15) is 0 Å². The minimum absolute atomic E-state index is 0.250. The van der Waals surface area contributed by atoms with Gasteiger partial charge >= 0.3 is 0 Å². The molecule has 0 saturated carbocycles. The summed E-state index contributed by atoms with van der Waals surface area (Å²) >= 11 is 0. The first kappa shape index (κ1) is 15.3. The van der Waals surface area contributed by atoms with Gasteiger partial charge in [-0.1, -0.05) is 72.7 Å². The largest absolute Gasteiger partial charge is 0.0623 e. The second kappa shape index (κ2) is 5.47. The molecular weight excluding hydrogens is 216 g/mol. The van der Waals surface area contributed by atoms with Gasteiger partial charge in [0.05, 0.1) is 0 Å². The van der Waals surface area contributed by atoms with E-state index in [0.29, 0.717) is 11.3 Å². The maximum Gasteiger partial charge on any atom is -0.00984 e. The third-order valence-electron chi connectivity index (χ3n) is 4.60. The van der Waals surface area contributed by atoms with Gasteiger partial charge in [0.15, 0.2) is 0 Å². The Hall–Kier alpha value is -0.780. The van der Waals surface area contributed by atoms with Crippen molar-refractivity contribution in [3.8, 4) is 0 Å². The molecule has 1 rings (SSSR count). The lowest BCUT2D eigenvalue weighted by Crippen LogP contribution is -2.30. The molecule has 0 unspecified atom stereocenters. The van der Waals surface area contributed by atoms with E-state index in [4.69, 9.17) is 0 Å². The Balaban J connectivity index is 2.91.